The van der Waals surface area contributed by atoms with Crippen molar-refractivity contribution in [2.75, 3.05) is 0 Å². The first-order valence-corrected chi connectivity index (χ1v) is 5.27. The van der Waals surface area contributed by atoms with Gasteiger partial charge in [-0.1, -0.05) is 24.4 Å². The van der Waals surface area contributed by atoms with E-state index in [1.165, 1.54) is 0 Å². The average molecular weight is 224 g/mol. The highest BCUT2D eigenvalue weighted by atomic mass is 32.2. The summed E-state index contributed by atoms with van der Waals surface area (Å²) in [7, 11) is 0. The molecule has 1 rings (SSSR count). The van der Waals surface area contributed by atoms with Crippen molar-refractivity contribution in [3.05, 3.63) is 29.6 Å². The standard InChI is InChI=1S/C10H12N2O2S/c1-3-7-4-12-6(2)9(13)8(7)5-15-10(11)14/h3-4,13H,1,5H2,2H3,(H2,11,14). The van der Waals surface area contributed by atoms with Gasteiger partial charge >= 0.3 is 0 Å². The Balaban J connectivity index is 3.06. The van der Waals surface area contributed by atoms with E-state index in [2.05, 4.69) is 11.6 Å². The molecule has 0 aliphatic carbocycles. The van der Waals surface area contributed by atoms with Crippen LogP contribution in [0.15, 0.2) is 12.8 Å². The molecule has 15 heavy (non-hydrogen) atoms. The van der Waals surface area contributed by atoms with E-state index in [4.69, 9.17) is 5.73 Å². The number of thioether (sulfide) groups is 1. The first kappa shape index (κ1) is 11.6. The van der Waals surface area contributed by atoms with Crippen LogP contribution in [-0.4, -0.2) is 15.3 Å². The Morgan fingerprint density at radius 1 is 1.80 bits per heavy atom. The molecule has 0 bridgehead atoms. The van der Waals surface area contributed by atoms with Crippen molar-refractivity contribution in [1.29, 1.82) is 0 Å². The summed E-state index contributed by atoms with van der Waals surface area (Å²) in [5.74, 6) is 0.424. The molecule has 0 saturated heterocycles. The Hall–Kier alpha value is -1.49. The number of pyridine rings is 1. The van der Waals surface area contributed by atoms with Crippen molar-refractivity contribution in [3.8, 4) is 5.75 Å². The third kappa shape index (κ3) is 2.73. The number of aromatic hydroxyl groups is 1. The minimum Gasteiger partial charge on any atom is -0.506 e. The van der Waals surface area contributed by atoms with Crippen LogP contribution in [0.5, 0.6) is 5.75 Å². The molecule has 3 N–H and O–H groups in total. The molecule has 5 heteroatoms. The van der Waals surface area contributed by atoms with Gasteiger partial charge in [-0.2, -0.15) is 0 Å². The molecule has 80 valence electrons. The third-order valence-electron chi connectivity index (χ3n) is 1.95. The number of aryl methyl sites for hydroxylation is 1. The van der Waals surface area contributed by atoms with Crippen LogP contribution in [0.1, 0.15) is 16.8 Å². The van der Waals surface area contributed by atoms with E-state index < -0.39 is 5.24 Å². The van der Waals surface area contributed by atoms with Gasteiger partial charge in [-0.25, -0.2) is 0 Å². The van der Waals surface area contributed by atoms with Gasteiger partial charge in [0.15, 0.2) is 0 Å². The minimum absolute atomic E-state index is 0.0983. The zero-order chi connectivity index (χ0) is 11.4. The van der Waals surface area contributed by atoms with Crippen LogP contribution in [0.4, 0.5) is 4.79 Å². The molecule has 0 aliphatic heterocycles. The van der Waals surface area contributed by atoms with E-state index in [9.17, 15) is 9.90 Å². The van der Waals surface area contributed by atoms with Crippen molar-refractivity contribution in [3.63, 3.8) is 0 Å². The maximum Gasteiger partial charge on any atom is 0.276 e. The number of primary amides is 1. The molecule has 0 radical (unpaired) electrons. The Bertz CT molecular complexity index is 405. The number of hydrogen-bond acceptors (Lipinski definition) is 4. The number of rotatable bonds is 3. The van der Waals surface area contributed by atoms with Crippen LogP contribution in [0.2, 0.25) is 0 Å². The van der Waals surface area contributed by atoms with Crippen LogP contribution in [0.25, 0.3) is 6.08 Å². The lowest BCUT2D eigenvalue weighted by Crippen LogP contribution is -2.03. The fraction of sp³-hybridized carbons (Fsp3) is 0.200. The molecule has 0 aliphatic rings. The highest BCUT2D eigenvalue weighted by molar-refractivity contribution is 8.12. The van der Waals surface area contributed by atoms with Crippen LogP contribution in [0.3, 0.4) is 0 Å². The van der Waals surface area contributed by atoms with E-state index in [-0.39, 0.29) is 5.75 Å². The molecular formula is C10H12N2O2S. The summed E-state index contributed by atoms with van der Waals surface area (Å²) in [6.07, 6.45) is 3.20. The Morgan fingerprint density at radius 3 is 3.00 bits per heavy atom. The second kappa shape index (κ2) is 4.84. The fourth-order valence-electron chi connectivity index (χ4n) is 1.13. The van der Waals surface area contributed by atoms with E-state index in [1.54, 1.807) is 19.2 Å². The number of aromatic nitrogens is 1. The molecule has 1 heterocycles. The summed E-state index contributed by atoms with van der Waals surface area (Å²) >= 11 is 0.940. The van der Waals surface area contributed by atoms with Gasteiger partial charge in [-0.3, -0.25) is 9.78 Å². The summed E-state index contributed by atoms with van der Waals surface area (Å²) in [6, 6.07) is 0. The van der Waals surface area contributed by atoms with Crippen LogP contribution >= 0.6 is 11.8 Å². The van der Waals surface area contributed by atoms with Gasteiger partial charge in [0.1, 0.15) is 5.75 Å². The lowest BCUT2D eigenvalue weighted by Gasteiger charge is -2.08. The lowest BCUT2D eigenvalue weighted by atomic mass is 10.1. The summed E-state index contributed by atoms with van der Waals surface area (Å²) in [6.45, 7) is 5.31. The van der Waals surface area contributed by atoms with Crippen LogP contribution in [0, 0.1) is 6.92 Å². The second-order valence-corrected chi connectivity index (χ2v) is 3.92. The van der Waals surface area contributed by atoms with Crippen molar-refractivity contribution < 1.29 is 9.90 Å². The van der Waals surface area contributed by atoms with Crippen molar-refractivity contribution in [1.82, 2.24) is 4.98 Å². The smallest absolute Gasteiger partial charge is 0.276 e. The topological polar surface area (TPSA) is 76.2 Å². The van der Waals surface area contributed by atoms with Crippen LogP contribution < -0.4 is 5.73 Å². The molecule has 0 aromatic carbocycles. The van der Waals surface area contributed by atoms with Gasteiger partial charge in [-0.05, 0) is 12.5 Å². The number of nitrogens with two attached hydrogens (primary N) is 1. The summed E-state index contributed by atoms with van der Waals surface area (Å²) in [5, 5.41) is 9.27. The van der Waals surface area contributed by atoms with Crippen molar-refractivity contribution in [2.24, 2.45) is 5.73 Å². The molecule has 0 unspecified atom stereocenters. The normalized spacial score (nSPS) is 9.93. The van der Waals surface area contributed by atoms with Crippen LogP contribution in [-0.2, 0) is 5.75 Å². The van der Waals surface area contributed by atoms with E-state index in [1.807, 2.05) is 0 Å². The predicted octanol–water partition coefficient (Wildman–Crippen LogP) is 2.05. The Labute approximate surface area is 92.2 Å². The van der Waals surface area contributed by atoms with Gasteiger partial charge in [0.25, 0.3) is 5.24 Å². The van der Waals surface area contributed by atoms with E-state index >= 15 is 0 Å². The Morgan fingerprint density at radius 2 is 2.47 bits per heavy atom. The number of amides is 1. The first-order valence-electron chi connectivity index (χ1n) is 4.28. The second-order valence-electron chi connectivity index (χ2n) is 2.94. The highest BCUT2D eigenvalue weighted by Crippen LogP contribution is 2.28. The summed E-state index contributed by atoms with van der Waals surface area (Å²) < 4.78 is 0. The molecule has 0 fully saturated rings. The summed E-state index contributed by atoms with van der Waals surface area (Å²) in [5.41, 5.74) is 6.90. The number of nitrogens with zero attached hydrogens (tertiary/aromatic N) is 1. The highest BCUT2D eigenvalue weighted by Gasteiger charge is 2.10. The van der Waals surface area contributed by atoms with Gasteiger partial charge < -0.3 is 10.8 Å². The van der Waals surface area contributed by atoms with Crippen molar-refractivity contribution >= 4 is 23.1 Å². The van der Waals surface area contributed by atoms with Crippen molar-refractivity contribution in [2.45, 2.75) is 12.7 Å². The molecule has 0 saturated carbocycles. The lowest BCUT2D eigenvalue weighted by molar-refractivity contribution is 0.267. The minimum atomic E-state index is -0.473. The Kier molecular flexibility index (Phi) is 3.74. The maximum atomic E-state index is 10.6. The zero-order valence-electron chi connectivity index (χ0n) is 8.36. The van der Waals surface area contributed by atoms with E-state index in [0.29, 0.717) is 22.6 Å². The first-order chi connectivity index (χ1) is 7.06. The molecule has 0 atom stereocenters. The molecule has 1 aromatic rings. The molecule has 0 spiro atoms. The van der Waals surface area contributed by atoms with E-state index in [0.717, 1.165) is 11.8 Å². The monoisotopic (exact) mass is 224 g/mol. The van der Waals surface area contributed by atoms with Gasteiger partial charge in [0.05, 0.1) is 5.69 Å². The third-order valence-corrected chi connectivity index (χ3v) is 2.67. The summed E-state index contributed by atoms with van der Waals surface area (Å²) in [4.78, 5) is 14.6. The quantitative estimate of drug-likeness (QED) is 0.823. The van der Waals surface area contributed by atoms with Gasteiger partial charge in [0.2, 0.25) is 0 Å². The zero-order valence-corrected chi connectivity index (χ0v) is 9.17. The number of hydrogen-bond donors (Lipinski definition) is 2. The average Bonchev–Trinajstić information content (AvgIpc) is 2.20. The SMILES string of the molecule is C=Cc1cnc(C)c(O)c1CSC(N)=O. The largest absolute Gasteiger partial charge is 0.506 e. The maximum absolute atomic E-state index is 10.6. The predicted molar refractivity (Wildman–Crippen MR) is 61.6 cm³/mol. The molecular weight excluding hydrogens is 212 g/mol. The fourth-order valence-corrected chi connectivity index (χ4v) is 1.72. The van der Waals surface area contributed by atoms with Gasteiger partial charge in [0, 0.05) is 17.5 Å². The molecule has 1 aromatic heterocycles. The number of carbonyl (C=O) groups excluding carboxylic acids is 1. The molecule has 1 amide bonds. The molecule has 4 nitrogen and oxygen atoms in total. The van der Waals surface area contributed by atoms with Gasteiger partial charge in [-0.15, -0.1) is 0 Å². The number of carbonyl (C=O) groups is 1.